The first kappa shape index (κ1) is 22.8. The van der Waals surface area contributed by atoms with E-state index in [1.165, 1.54) is 38.5 Å². The van der Waals surface area contributed by atoms with Gasteiger partial charge in [0.05, 0.1) is 11.4 Å². The van der Waals surface area contributed by atoms with Gasteiger partial charge in [-0.25, -0.2) is 8.42 Å². The molecule has 1 aliphatic heterocycles. The van der Waals surface area contributed by atoms with Crippen LogP contribution in [0.25, 0.3) is 0 Å². The van der Waals surface area contributed by atoms with Crippen molar-refractivity contribution in [3.05, 3.63) is 24.3 Å². The molecule has 2 N–H and O–H groups in total. The van der Waals surface area contributed by atoms with Crippen LogP contribution in [0, 0.1) is 0 Å². The predicted molar refractivity (Wildman–Crippen MR) is 98.0 cm³/mol. The molecule has 25 heavy (non-hydrogen) atoms. The third-order valence-electron chi connectivity index (χ3n) is 4.66. The summed E-state index contributed by atoms with van der Waals surface area (Å²) < 4.78 is 35.4. The van der Waals surface area contributed by atoms with E-state index in [9.17, 15) is 13.0 Å². The fourth-order valence-corrected chi connectivity index (χ4v) is 4.09. The van der Waals surface area contributed by atoms with Crippen molar-refractivity contribution in [1.29, 1.82) is 0 Å². The molecule has 0 saturated heterocycles. The van der Waals surface area contributed by atoms with Gasteiger partial charge in [-0.1, -0.05) is 70.4 Å². The SMILES string of the molecule is CCCCCCCCCCCC1(S(=O)(=O)[O-])Nc2ccccc2N1.[Na+]. The van der Waals surface area contributed by atoms with Crippen LogP contribution in [0.2, 0.25) is 0 Å². The number of rotatable bonds is 11. The molecule has 1 aliphatic rings. The van der Waals surface area contributed by atoms with Crippen molar-refractivity contribution >= 4 is 21.5 Å². The second kappa shape index (κ2) is 10.8. The van der Waals surface area contributed by atoms with Crippen LogP contribution in [-0.2, 0) is 10.1 Å². The first-order valence-corrected chi connectivity index (χ1v) is 10.5. The van der Waals surface area contributed by atoms with E-state index in [4.69, 9.17) is 0 Å². The fourth-order valence-electron chi connectivity index (χ4n) is 3.23. The maximum absolute atomic E-state index is 11.8. The summed E-state index contributed by atoms with van der Waals surface area (Å²) in [6.45, 7) is 2.21. The second-order valence-electron chi connectivity index (χ2n) is 6.66. The van der Waals surface area contributed by atoms with Gasteiger partial charge in [-0.2, -0.15) is 0 Å². The normalized spacial score (nSPS) is 15.0. The zero-order valence-corrected chi connectivity index (χ0v) is 18.3. The molecule has 0 aliphatic carbocycles. The zero-order chi connectivity index (χ0) is 17.5. The number of hydrogen-bond donors (Lipinski definition) is 2. The van der Waals surface area contributed by atoms with Gasteiger partial charge in [0.2, 0.25) is 4.99 Å². The molecule has 2 rings (SSSR count). The molecule has 136 valence electrons. The molecule has 1 aromatic rings. The first-order chi connectivity index (χ1) is 11.5. The molecule has 1 aromatic carbocycles. The molecule has 0 spiro atoms. The van der Waals surface area contributed by atoms with Crippen LogP contribution in [0.3, 0.4) is 0 Å². The van der Waals surface area contributed by atoms with Gasteiger partial charge in [0, 0.05) is 6.42 Å². The van der Waals surface area contributed by atoms with Crippen LogP contribution in [0.15, 0.2) is 24.3 Å². The van der Waals surface area contributed by atoms with Gasteiger partial charge < -0.3 is 15.2 Å². The van der Waals surface area contributed by atoms with Crippen LogP contribution in [-0.4, -0.2) is 18.0 Å². The van der Waals surface area contributed by atoms with Gasteiger partial charge in [0.1, 0.15) is 10.1 Å². The molecule has 0 atom stereocenters. The molecule has 1 heterocycles. The molecule has 0 saturated carbocycles. The van der Waals surface area contributed by atoms with Crippen molar-refractivity contribution in [3.63, 3.8) is 0 Å². The molecule has 0 amide bonds. The summed E-state index contributed by atoms with van der Waals surface area (Å²) in [6, 6.07) is 7.20. The van der Waals surface area contributed by atoms with Crippen molar-refractivity contribution in [2.45, 2.75) is 76.1 Å². The molecule has 0 unspecified atom stereocenters. The Hall–Kier alpha value is -0.270. The van der Waals surface area contributed by atoms with Gasteiger partial charge in [-0.3, -0.25) is 0 Å². The molecule has 5 nitrogen and oxygen atoms in total. The Morgan fingerprint density at radius 2 is 1.32 bits per heavy atom. The number of nitrogens with one attached hydrogen (secondary N) is 2. The molecule has 0 fully saturated rings. The third kappa shape index (κ3) is 6.43. The van der Waals surface area contributed by atoms with Crippen molar-refractivity contribution < 1.29 is 42.5 Å². The fraction of sp³-hybridized carbons (Fsp3) is 0.667. The smallest absolute Gasteiger partial charge is 0.745 e. The number of hydrogen-bond acceptors (Lipinski definition) is 5. The minimum Gasteiger partial charge on any atom is -0.745 e. The maximum Gasteiger partial charge on any atom is 1.00 e. The molecule has 0 radical (unpaired) electrons. The number of para-hydroxylation sites is 2. The van der Waals surface area contributed by atoms with Crippen LogP contribution in [0.1, 0.15) is 71.1 Å². The summed E-state index contributed by atoms with van der Waals surface area (Å²) in [6.07, 6.45) is 10.6. The molecular formula is C18H29N2NaO3S. The standard InChI is InChI=1S/C18H30N2O3S.Na/c1-2-3-4-5-6-7-8-9-12-15-18(24(21,22)23)19-16-13-10-11-14-17(16)20-18;/h10-11,13-14,19-20H,2-9,12,15H2,1H3,(H,21,22,23);/q;+1/p-1. The number of unbranched alkanes of at least 4 members (excludes halogenated alkanes) is 8. The van der Waals surface area contributed by atoms with Crippen LogP contribution >= 0.6 is 0 Å². The topological polar surface area (TPSA) is 81.3 Å². The average Bonchev–Trinajstić information content (AvgIpc) is 2.93. The van der Waals surface area contributed by atoms with Crippen LogP contribution < -0.4 is 40.2 Å². The summed E-state index contributed by atoms with van der Waals surface area (Å²) in [5.74, 6) is 0. The van der Waals surface area contributed by atoms with Gasteiger partial charge in [0.15, 0.2) is 0 Å². The van der Waals surface area contributed by atoms with E-state index in [1.54, 1.807) is 12.1 Å². The molecule has 0 aromatic heterocycles. The summed E-state index contributed by atoms with van der Waals surface area (Å²) >= 11 is 0. The predicted octanol–water partition coefficient (Wildman–Crippen LogP) is 1.65. The van der Waals surface area contributed by atoms with Crippen molar-refractivity contribution in [3.8, 4) is 0 Å². The van der Waals surface area contributed by atoms with Crippen LogP contribution in [0.4, 0.5) is 11.4 Å². The number of benzene rings is 1. The van der Waals surface area contributed by atoms with E-state index >= 15 is 0 Å². The first-order valence-electron chi connectivity index (χ1n) is 9.09. The minimum atomic E-state index is -4.51. The largest absolute Gasteiger partial charge is 1.00 e. The van der Waals surface area contributed by atoms with Crippen molar-refractivity contribution in [2.24, 2.45) is 0 Å². The Kier molecular flexibility index (Phi) is 9.82. The van der Waals surface area contributed by atoms with E-state index in [1.807, 2.05) is 12.1 Å². The van der Waals surface area contributed by atoms with Gasteiger partial charge in [0.25, 0.3) is 0 Å². The third-order valence-corrected chi connectivity index (χ3v) is 5.92. The van der Waals surface area contributed by atoms with Crippen LogP contribution in [0.5, 0.6) is 0 Å². The Balaban J connectivity index is 0.00000312. The Labute approximate surface area is 174 Å². The summed E-state index contributed by atoms with van der Waals surface area (Å²) in [5, 5.41) is 5.80. The van der Waals surface area contributed by atoms with E-state index in [-0.39, 0.29) is 36.0 Å². The Bertz CT molecular complexity index is 598. The molecular weight excluding hydrogens is 347 g/mol. The number of anilines is 2. The van der Waals surface area contributed by atoms with Gasteiger partial charge >= 0.3 is 29.6 Å². The van der Waals surface area contributed by atoms with E-state index in [0.29, 0.717) is 17.8 Å². The van der Waals surface area contributed by atoms with Gasteiger partial charge in [-0.05, 0) is 18.6 Å². The van der Waals surface area contributed by atoms with Crippen molar-refractivity contribution in [2.75, 3.05) is 10.6 Å². The number of fused-ring (bicyclic) bond motifs is 1. The second-order valence-corrected chi connectivity index (χ2v) is 8.26. The van der Waals surface area contributed by atoms with E-state index in [2.05, 4.69) is 17.6 Å². The van der Waals surface area contributed by atoms with E-state index < -0.39 is 15.1 Å². The summed E-state index contributed by atoms with van der Waals surface area (Å²) in [5.41, 5.74) is 1.35. The Morgan fingerprint density at radius 3 is 1.76 bits per heavy atom. The maximum atomic E-state index is 11.8. The zero-order valence-electron chi connectivity index (χ0n) is 15.5. The summed E-state index contributed by atoms with van der Waals surface area (Å²) in [4.78, 5) is -1.60. The average molecular weight is 376 g/mol. The summed E-state index contributed by atoms with van der Waals surface area (Å²) in [7, 11) is -4.51. The molecule has 7 heteroatoms. The molecule has 0 bridgehead atoms. The van der Waals surface area contributed by atoms with Crippen molar-refractivity contribution in [1.82, 2.24) is 0 Å². The Morgan fingerprint density at radius 1 is 0.880 bits per heavy atom. The monoisotopic (exact) mass is 376 g/mol. The van der Waals surface area contributed by atoms with Gasteiger partial charge in [-0.15, -0.1) is 0 Å². The quantitative estimate of drug-likeness (QED) is 0.349. The minimum absolute atomic E-state index is 0. The van der Waals surface area contributed by atoms with E-state index in [0.717, 1.165) is 12.8 Å².